The fourth-order valence-electron chi connectivity index (χ4n) is 1.33. The average Bonchev–Trinajstić information content (AvgIpc) is 2.24. The van der Waals surface area contributed by atoms with Crippen LogP contribution in [0.2, 0.25) is 0 Å². The van der Waals surface area contributed by atoms with E-state index in [0.29, 0.717) is 22.6 Å². The highest BCUT2D eigenvalue weighted by atomic mass is 32.2. The molecule has 0 unspecified atom stereocenters. The molecule has 6 heteroatoms. The van der Waals surface area contributed by atoms with Crippen LogP contribution in [-0.2, 0) is 12.5 Å². The van der Waals surface area contributed by atoms with Crippen molar-refractivity contribution in [3.8, 4) is 0 Å². The summed E-state index contributed by atoms with van der Waals surface area (Å²) in [5, 5.41) is 8.72. The Labute approximate surface area is 106 Å². The van der Waals surface area contributed by atoms with Crippen LogP contribution >= 0.6 is 11.8 Å². The summed E-state index contributed by atoms with van der Waals surface area (Å²) in [6, 6.07) is 0. The lowest BCUT2D eigenvalue weighted by molar-refractivity contribution is 0.348. The molecule has 0 saturated carbocycles. The first-order valence-electron chi connectivity index (χ1n) is 5.59. The summed E-state index contributed by atoms with van der Waals surface area (Å²) in [6.45, 7) is 8.17. The molecule has 0 aliphatic heterocycles. The van der Waals surface area contributed by atoms with Gasteiger partial charge in [-0.15, -0.1) is 10.2 Å². The number of rotatable bonds is 4. The lowest BCUT2D eigenvalue weighted by atomic mass is 9.78. The molecule has 2 N–H and O–H groups in total. The van der Waals surface area contributed by atoms with E-state index in [1.165, 1.54) is 16.3 Å². The Kier molecular flexibility index (Phi) is 4.32. The molecule has 17 heavy (non-hydrogen) atoms. The number of nitrogens with zero attached hydrogens (tertiary/aromatic N) is 3. The standard InChI is InChI=1S/C11H20N4OS/c1-7(2)11(3,4)8-9(16)15(5)10(14-13-8)17-6-12/h7H,6,12H2,1-5H3. The number of aromatic nitrogens is 3. The fourth-order valence-corrected chi connectivity index (χ4v) is 1.85. The maximum absolute atomic E-state index is 12.2. The third-order valence-corrected chi connectivity index (χ3v) is 4.08. The topological polar surface area (TPSA) is 73.8 Å². The van der Waals surface area contributed by atoms with Crippen molar-refractivity contribution in [2.45, 2.75) is 38.3 Å². The fraction of sp³-hybridized carbons (Fsp3) is 0.727. The summed E-state index contributed by atoms with van der Waals surface area (Å²) < 4.78 is 1.52. The van der Waals surface area contributed by atoms with Crippen LogP contribution in [0, 0.1) is 5.92 Å². The van der Waals surface area contributed by atoms with Gasteiger partial charge in [-0.25, -0.2) is 0 Å². The smallest absolute Gasteiger partial charge is 0.276 e. The van der Waals surface area contributed by atoms with Gasteiger partial charge in [0.15, 0.2) is 5.16 Å². The summed E-state index contributed by atoms with van der Waals surface area (Å²) >= 11 is 1.31. The molecule has 0 fully saturated rings. The van der Waals surface area contributed by atoms with Gasteiger partial charge in [-0.3, -0.25) is 9.36 Å². The van der Waals surface area contributed by atoms with Gasteiger partial charge in [-0.2, -0.15) is 0 Å². The Morgan fingerprint density at radius 3 is 2.47 bits per heavy atom. The lowest BCUT2D eigenvalue weighted by Crippen LogP contribution is -2.37. The van der Waals surface area contributed by atoms with Gasteiger partial charge in [-0.05, 0) is 5.92 Å². The molecular weight excluding hydrogens is 236 g/mol. The Hall–Kier alpha value is -0.880. The van der Waals surface area contributed by atoms with Crippen LogP contribution in [0.15, 0.2) is 9.95 Å². The van der Waals surface area contributed by atoms with Crippen molar-refractivity contribution < 1.29 is 0 Å². The summed E-state index contributed by atoms with van der Waals surface area (Å²) in [4.78, 5) is 12.2. The summed E-state index contributed by atoms with van der Waals surface area (Å²) in [6.07, 6.45) is 0. The van der Waals surface area contributed by atoms with Gasteiger partial charge in [0.05, 0.1) is 0 Å². The zero-order valence-corrected chi connectivity index (χ0v) is 11.8. The zero-order chi connectivity index (χ0) is 13.2. The van der Waals surface area contributed by atoms with E-state index in [9.17, 15) is 4.79 Å². The van der Waals surface area contributed by atoms with Gasteiger partial charge in [0, 0.05) is 18.3 Å². The van der Waals surface area contributed by atoms with Gasteiger partial charge < -0.3 is 5.73 Å². The van der Waals surface area contributed by atoms with E-state index in [2.05, 4.69) is 24.0 Å². The highest BCUT2D eigenvalue weighted by Gasteiger charge is 2.30. The van der Waals surface area contributed by atoms with Crippen molar-refractivity contribution in [1.82, 2.24) is 14.8 Å². The number of hydrogen-bond acceptors (Lipinski definition) is 5. The molecule has 1 aromatic rings. The van der Waals surface area contributed by atoms with E-state index < -0.39 is 0 Å². The normalized spacial score (nSPS) is 12.2. The van der Waals surface area contributed by atoms with Crippen molar-refractivity contribution in [2.24, 2.45) is 18.7 Å². The van der Waals surface area contributed by atoms with Gasteiger partial charge >= 0.3 is 0 Å². The second kappa shape index (κ2) is 5.18. The van der Waals surface area contributed by atoms with Crippen LogP contribution in [0.3, 0.4) is 0 Å². The van der Waals surface area contributed by atoms with E-state index in [-0.39, 0.29) is 11.0 Å². The molecule has 5 nitrogen and oxygen atoms in total. The number of nitrogens with two attached hydrogens (primary N) is 1. The molecule has 96 valence electrons. The molecule has 0 aliphatic carbocycles. The van der Waals surface area contributed by atoms with Gasteiger partial charge in [0.2, 0.25) is 0 Å². The maximum atomic E-state index is 12.2. The minimum Gasteiger partial charge on any atom is -0.322 e. The second-order valence-electron chi connectivity index (χ2n) is 4.88. The number of thioether (sulfide) groups is 1. The first-order chi connectivity index (χ1) is 7.82. The van der Waals surface area contributed by atoms with E-state index >= 15 is 0 Å². The van der Waals surface area contributed by atoms with Crippen LogP contribution in [0.25, 0.3) is 0 Å². The van der Waals surface area contributed by atoms with E-state index in [1.807, 2.05) is 13.8 Å². The number of hydrogen-bond donors (Lipinski definition) is 1. The third kappa shape index (κ3) is 2.69. The van der Waals surface area contributed by atoms with Crippen LogP contribution in [0.5, 0.6) is 0 Å². The van der Waals surface area contributed by atoms with Crippen LogP contribution < -0.4 is 11.3 Å². The lowest BCUT2D eigenvalue weighted by Gasteiger charge is -2.27. The van der Waals surface area contributed by atoms with Crippen molar-refractivity contribution in [2.75, 3.05) is 5.88 Å². The molecular formula is C11H20N4OS. The largest absolute Gasteiger partial charge is 0.322 e. The Balaban J connectivity index is 3.31. The third-order valence-electron chi connectivity index (χ3n) is 3.30. The summed E-state index contributed by atoms with van der Waals surface area (Å²) in [5.41, 5.74) is 5.57. The Bertz CT molecular complexity index is 453. The van der Waals surface area contributed by atoms with E-state index in [4.69, 9.17) is 5.73 Å². The average molecular weight is 256 g/mol. The molecule has 0 radical (unpaired) electrons. The molecule has 0 saturated heterocycles. The Morgan fingerprint density at radius 2 is 2.00 bits per heavy atom. The second-order valence-corrected chi connectivity index (χ2v) is 5.87. The highest BCUT2D eigenvalue weighted by Crippen LogP contribution is 2.27. The molecule has 0 bridgehead atoms. The molecule has 0 amide bonds. The molecule has 0 spiro atoms. The summed E-state index contributed by atoms with van der Waals surface area (Å²) in [5.74, 6) is 0.701. The van der Waals surface area contributed by atoms with Crippen molar-refractivity contribution in [3.05, 3.63) is 16.0 Å². The summed E-state index contributed by atoms with van der Waals surface area (Å²) in [7, 11) is 1.70. The quantitative estimate of drug-likeness (QED) is 0.645. The van der Waals surface area contributed by atoms with E-state index in [1.54, 1.807) is 7.05 Å². The first kappa shape index (κ1) is 14.2. The molecule has 0 aliphatic rings. The predicted molar refractivity (Wildman–Crippen MR) is 70.0 cm³/mol. The first-order valence-corrected chi connectivity index (χ1v) is 6.58. The molecule has 0 aromatic carbocycles. The minimum absolute atomic E-state index is 0.0883. The predicted octanol–water partition coefficient (Wildman–Crippen LogP) is 1.12. The van der Waals surface area contributed by atoms with Crippen molar-refractivity contribution >= 4 is 11.8 Å². The van der Waals surface area contributed by atoms with Gasteiger partial charge in [0.1, 0.15) is 5.69 Å². The molecule has 1 aromatic heterocycles. The minimum atomic E-state index is -0.284. The molecule has 1 rings (SSSR count). The molecule has 1 heterocycles. The SMILES string of the molecule is CC(C)C(C)(C)c1nnc(SCN)n(C)c1=O. The van der Waals surface area contributed by atoms with Gasteiger partial charge in [-0.1, -0.05) is 39.5 Å². The monoisotopic (exact) mass is 256 g/mol. The van der Waals surface area contributed by atoms with E-state index in [0.717, 1.165) is 0 Å². The maximum Gasteiger partial charge on any atom is 0.276 e. The van der Waals surface area contributed by atoms with Gasteiger partial charge in [0.25, 0.3) is 5.56 Å². The van der Waals surface area contributed by atoms with Crippen molar-refractivity contribution in [3.63, 3.8) is 0 Å². The van der Waals surface area contributed by atoms with Crippen molar-refractivity contribution in [1.29, 1.82) is 0 Å². The zero-order valence-electron chi connectivity index (χ0n) is 11.0. The van der Waals surface area contributed by atoms with Crippen LogP contribution in [0.4, 0.5) is 0 Å². The van der Waals surface area contributed by atoms with Crippen LogP contribution in [-0.4, -0.2) is 20.6 Å². The highest BCUT2D eigenvalue weighted by molar-refractivity contribution is 7.99. The molecule has 0 atom stereocenters. The van der Waals surface area contributed by atoms with Crippen LogP contribution in [0.1, 0.15) is 33.4 Å². The Morgan fingerprint density at radius 1 is 1.41 bits per heavy atom.